The van der Waals surface area contributed by atoms with Gasteiger partial charge in [0.25, 0.3) is 0 Å². The average molecular weight is 295 g/mol. The molecule has 3 nitrogen and oxygen atoms in total. The highest BCUT2D eigenvalue weighted by Gasteiger charge is 2.36. The molecule has 0 saturated carbocycles. The smallest absolute Gasteiger partial charge is 0.231 e. The number of halogens is 4. The Hall–Kier alpha value is -1.27. The lowest BCUT2D eigenvalue weighted by atomic mass is 9.89. The van der Waals surface area contributed by atoms with E-state index in [0.717, 1.165) is 0 Å². The van der Waals surface area contributed by atoms with Crippen LogP contribution in [0.5, 0.6) is 0 Å². The molecule has 0 spiro atoms. The first kappa shape index (κ1) is 15.8. The number of anilines is 1. The van der Waals surface area contributed by atoms with E-state index in [1.54, 1.807) is 6.92 Å². The molecule has 1 amide bonds. The zero-order chi connectivity index (χ0) is 13.3. The molecule has 1 aromatic carbocycles. The van der Waals surface area contributed by atoms with Crippen LogP contribution in [0.4, 0.5) is 18.9 Å². The second-order valence-corrected chi connectivity index (χ2v) is 4.69. The van der Waals surface area contributed by atoms with E-state index in [1.165, 1.54) is 0 Å². The molecule has 0 bridgehead atoms. The largest absolute Gasteiger partial charge is 0.323 e. The maximum absolute atomic E-state index is 13.4. The fraction of sp³-hybridized carbons (Fsp3) is 0.417. The van der Waals surface area contributed by atoms with E-state index < -0.39 is 28.8 Å². The number of rotatable bonds is 2. The van der Waals surface area contributed by atoms with Crippen LogP contribution >= 0.6 is 12.4 Å². The Bertz CT molecular complexity index is 490. The Labute approximate surface area is 115 Å². The van der Waals surface area contributed by atoms with Gasteiger partial charge in [0.15, 0.2) is 11.6 Å². The van der Waals surface area contributed by atoms with Crippen LogP contribution in [0.15, 0.2) is 12.1 Å². The summed E-state index contributed by atoms with van der Waals surface area (Å²) in [6.45, 7) is 2.91. The van der Waals surface area contributed by atoms with Crippen molar-refractivity contribution in [2.75, 3.05) is 18.4 Å². The molecule has 1 unspecified atom stereocenters. The molecular weight excluding hydrogens is 281 g/mol. The molecule has 1 aliphatic heterocycles. The lowest BCUT2D eigenvalue weighted by molar-refractivity contribution is -0.123. The molecule has 1 aliphatic rings. The third kappa shape index (κ3) is 3.19. The second kappa shape index (κ2) is 5.79. The number of hydrogen-bond donors (Lipinski definition) is 2. The van der Waals surface area contributed by atoms with E-state index >= 15 is 0 Å². The highest BCUT2D eigenvalue weighted by Crippen LogP contribution is 2.27. The van der Waals surface area contributed by atoms with Gasteiger partial charge in [-0.05, 0) is 19.9 Å². The van der Waals surface area contributed by atoms with E-state index in [0.29, 0.717) is 31.6 Å². The van der Waals surface area contributed by atoms with E-state index in [4.69, 9.17) is 0 Å². The minimum atomic E-state index is -1.28. The number of benzene rings is 1. The molecule has 1 atom stereocenters. The molecule has 0 aliphatic carbocycles. The monoisotopic (exact) mass is 294 g/mol. The number of nitrogens with one attached hydrogen (secondary N) is 2. The van der Waals surface area contributed by atoms with Gasteiger partial charge in [-0.1, -0.05) is 0 Å². The molecule has 19 heavy (non-hydrogen) atoms. The summed E-state index contributed by atoms with van der Waals surface area (Å²) in [4.78, 5) is 12.0. The van der Waals surface area contributed by atoms with Crippen LogP contribution in [0.25, 0.3) is 0 Å². The predicted octanol–water partition coefficient (Wildman–Crippen LogP) is 2.46. The van der Waals surface area contributed by atoms with Gasteiger partial charge in [-0.25, -0.2) is 13.2 Å². The van der Waals surface area contributed by atoms with Gasteiger partial charge in [0, 0.05) is 18.7 Å². The van der Waals surface area contributed by atoms with Gasteiger partial charge in [0.05, 0.1) is 11.1 Å². The lowest BCUT2D eigenvalue weighted by Crippen LogP contribution is -2.35. The van der Waals surface area contributed by atoms with Crippen molar-refractivity contribution in [3.63, 3.8) is 0 Å². The van der Waals surface area contributed by atoms with Crippen molar-refractivity contribution in [2.24, 2.45) is 5.41 Å². The van der Waals surface area contributed by atoms with Crippen molar-refractivity contribution in [3.8, 4) is 0 Å². The Morgan fingerprint density at radius 1 is 1.26 bits per heavy atom. The molecule has 0 radical (unpaired) electrons. The van der Waals surface area contributed by atoms with E-state index in [-0.39, 0.29) is 18.1 Å². The summed E-state index contributed by atoms with van der Waals surface area (Å²) >= 11 is 0. The summed E-state index contributed by atoms with van der Waals surface area (Å²) in [5.41, 5.74) is -0.996. The number of carbonyl (C=O) groups excluding carboxylic acids is 1. The molecule has 2 rings (SSSR count). The maximum Gasteiger partial charge on any atom is 0.231 e. The first-order chi connectivity index (χ1) is 8.42. The van der Waals surface area contributed by atoms with Crippen molar-refractivity contribution in [3.05, 3.63) is 29.6 Å². The predicted molar refractivity (Wildman–Crippen MR) is 67.8 cm³/mol. The minimum absolute atomic E-state index is 0. The normalized spacial score (nSPS) is 21.9. The standard InChI is InChI=1S/C12H13F3N2O.ClH/c1-12(2-3-16-6-12)11(18)17-10-5-8(14)7(13)4-9(10)15;/h4-5,16H,2-3,6H2,1H3,(H,17,18);1H. The molecule has 1 saturated heterocycles. The summed E-state index contributed by atoms with van der Waals surface area (Å²) in [6, 6.07) is 1.06. The molecule has 1 aromatic rings. The molecular formula is C12H14ClF3N2O. The first-order valence-electron chi connectivity index (χ1n) is 5.59. The fourth-order valence-corrected chi connectivity index (χ4v) is 1.90. The molecule has 106 valence electrons. The molecule has 7 heteroatoms. The van der Waals surface area contributed by atoms with Crippen LogP contribution in [-0.2, 0) is 4.79 Å². The van der Waals surface area contributed by atoms with Crippen LogP contribution < -0.4 is 10.6 Å². The second-order valence-electron chi connectivity index (χ2n) is 4.69. The zero-order valence-corrected chi connectivity index (χ0v) is 11.0. The lowest BCUT2D eigenvalue weighted by Gasteiger charge is -2.21. The summed E-state index contributed by atoms with van der Waals surface area (Å²) < 4.78 is 39.1. The minimum Gasteiger partial charge on any atom is -0.323 e. The van der Waals surface area contributed by atoms with Crippen molar-refractivity contribution in [1.29, 1.82) is 0 Å². The van der Waals surface area contributed by atoms with Gasteiger partial charge < -0.3 is 10.6 Å². The van der Waals surface area contributed by atoms with Crippen molar-refractivity contribution >= 4 is 24.0 Å². The highest BCUT2D eigenvalue weighted by molar-refractivity contribution is 5.95. The Kier molecular flexibility index (Phi) is 4.81. The Morgan fingerprint density at radius 3 is 2.47 bits per heavy atom. The quantitative estimate of drug-likeness (QED) is 0.823. The zero-order valence-electron chi connectivity index (χ0n) is 10.2. The van der Waals surface area contributed by atoms with Gasteiger partial charge in [-0.2, -0.15) is 0 Å². The van der Waals surface area contributed by atoms with E-state index in [1.807, 2.05) is 0 Å². The summed E-state index contributed by atoms with van der Waals surface area (Å²) in [7, 11) is 0. The topological polar surface area (TPSA) is 41.1 Å². The van der Waals surface area contributed by atoms with Crippen LogP contribution in [0.1, 0.15) is 13.3 Å². The van der Waals surface area contributed by atoms with Crippen molar-refractivity contribution < 1.29 is 18.0 Å². The maximum atomic E-state index is 13.4. The highest BCUT2D eigenvalue weighted by atomic mass is 35.5. The summed E-state index contributed by atoms with van der Waals surface area (Å²) in [6.07, 6.45) is 0.615. The SMILES string of the molecule is CC1(C(=O)Nc2cc(F)c(F)cc2F)CCNC1.Cl. The van der Waals surface area contributed by atoms with Gasteiger partial charge in [0.2, 0.25) is 5.91 Å². The van der Waals surface area contributed by atoms with E-state index in [2.05, 4.69) is 10.6 Å². The van der Waals surface area contributed by atoms with Gasteiger partial charge in [0.1, 0.15) is 5.82 Å². The molecule has 1 heterocycles. The van der Waals surface area contributed by atoms with Crippen LogP contribution in [0, 0.1) is 22.9 Å². The van der Waals surface area contributed by atoms with Gasteiger partial charge in [-0.3, -0.25) is 4.79 Å². The Balaban J connectivity index is 0.00000180. The molecule has 0 aromatic heterocycles. The molecule has 2 N–H and O–H groups in total. The van der Waals surface area contributed by atoms with Crippen molar-refractivity contribution in [2.45, 2.75) is 13.3 Å². The third-order valence-corrected chi connectivity index (χ3v) is 3.18. The van der Waals surface area contributed by atoms with Crippen molar-refractivity contribution in [1.82, 2.24) is 5.32 Å². The fourth-order valence-electron chi connectivity index (χ4n) is 1.90. The number of hydrogen-bond acceptors (Lipinski definition) is 2. The Morgan fingerprint density at radius 2 is 1.89 bits per heavy atom. The first-order valence-corrected chi connectivity index (χ1v) is 5.59. The van der Waals surface area contributed by atoms with E-state index in [9.17, 15) is 18.0 Å². The third-order valence-electron chi connectivity index (χ3n) is 3.18. The molecule has 1 fully saturated rings. The number of amides is 1. The van der Waals surface area contributed by atoms with Crippen LogP contribution in [0.3, 0.4) is 0 Å². The summed E-state index contributed by atoms with van der Waals surface area (Å²) in [5.74, 6) is -3.87. The summed E-state index contributed by atoms with van der Waals surface area (Å²) in [5, 5.41) is 5.33. The van der Waals surface area contributed by atoms with Gasteiger partial charge in [-0.15, -0.1) is 12.4 Å². The number of carbonyl (C=O) groups is 1. The average Bonchev–Trinajstić information content (AvgIpc) is 2.74. The van der Waals surface area contributed by atoms with Gasteiger partial charge >= 0.3 is 0 Å². The van der Waals surface area contributed by atoms with Crippen LogP contribution in [0.2, 0.25) is 0 Å². The van der Waals surface area contributed by atoms with Crippen LogP contribution in [-0.4, -0.2) is 19.0 Å².